The summed E-state index contributed by atoms with van der Waals surface area (Å²) in [5, 5.41) is 19.3. The van der Waals surface area contributed by atoms with Crippen LogP contribution in [0.15, 0.2) is 24.5 Å². The van der Waals surface area contributed by atoms with E-state index in [0.717, 1.165) is 0 Å². The number of carbonyl (C=O) groups is 1. The minimum absolute atomic E-state index is 0.0353. The maximum atomic E-state index is 12.0. The van der Waals surface area contributed by atoms with Crippen molar-refractivity contribution in [3.8, 4) is 5.75 Å². The number of nitro benzene ring substituents is 1. The second-order valence-electron chi connectivity index (χ2n) is 3.40. The van der Waals surface area contributed by atoms with Crippen molar-refractivity contribution in [1.29, 1.82) is 0 Å². The number of hydrogen-bond acceptors (Lipinski definition) is 6. The van der Waals surface area contributed by atoms with Crippen molar-refractivity contribution in [2.24, 2.45) is 0 Å². The summed E-state index contributed by atoms with van der Waals surface area (Å²) in [5.74, 6) is -0.555. The van der Waals surface area contributed by atoms with Gasteiger partial charge in [0.1, 0.15) is 6.33 Å². The molecule has 1 amide bonds. The Hall–Kier alpha value is -2.97. The number of amides is 1. The van der Waals surface area contributed by atoms with E-state index in [1.165, 1.54) is 31.6 Å². The summed E-state index contributed by atoms with van der Waals surface area (Å²) in [5.41, 5.74) is -0.249. The van der Waals surface area contributed by atoms with Crippen molar-refractivity contribution in [2.45, 2.75) is 0 Å². The number of hydrogen-bond donors (Lipinski definition) is 2. The van der Waals surface area contributed by atoms with Gasteiger partial charge in [-0.25, -0.2) is 5.10 Å². The summed E-state index contributed by atoms with van der Waals surface area (Å²) in [4.78, 5) is 25.9. The third-order valence-corrected chi connectivity index (χ3v) is 2.29. The fourth-order valence-electron chi connectivity index (χ4n) is 1.50. The van der Waals surface area contributed by atoms with E-state index in [1.807, 2.05) is 0 Å². The minimum atomic E-state index is -0.621. The van der Waals surface area contributed by atoms with Crippen LogP contribution in [0, 0.1) is 10.1 Å². The van der Waals surface area contributed by atoms with Crippen LogP contribution in [0.1, 0.15) is 10.4 Å². The summed E-state index contributed by atoms with van der Waals surface area (Å²) in [7, 11) is 1.26. The van der Waals surface area contributed by atoms with E-state index in [2.05, 4.69) is 20.5 Å². The zero-order valence-electron chi connectivity index (χ0n) is 9.78. The van der Waals surface area contributed by atoms with Crippen LogP contribution in [-0.2, 0) is 0 Å². The fourth-order valence-corrected chi connectivity index (χ4v) is 1.50. The van der Waals surface area contributed by atoms with Gasteiger partial charge in [-0.05, 0) is 6.07 Å². The number of rotatable bonds is 4. The number of nitrogens with one attached hydrogen (secondary N) is 2. The number of aromatic nitrogens is 3. The monoisotopic (exact) mass is 263 g/mol. The lowest BCUT2D eigenvalue weighted by Crippen LogP contribution is -2.14. The summed E-state index contributed by atoms with van der Waals surface area (Å²) in [6.45, 7) is 0. The average molecular weight is 263 g/mol. The highest BCUT2D eigenvalue weighted by Gasteiger charge is 2.22. The Labute approximate surface area is 106 Å². The van der Waals surface area contributed by atoms with Crippen LogP contribution in [0.2, 0.25) is 0 Å². The number of ether oxygens (including phenoxy) is 1. The van der Waals surface area contributed by atoms with Crippen molar-refractivity contribution >= 4 is 17.5 Å². The number of H-pyrrole nitrogens is 1. The van der Waals surface area contributed by atoms with E-state index >= 15 is 0 Å². The standard InChI is InChI=1S/C10H9N5O4/c1-19-8-6(3-2-4-7(8)15(17)18)9(16)13-10-11-5-12-14-10/h2-5H,1H3,(H2,11,12,13,14,16). The Bertz CT molecular complexity index is 610. The van der Waals surface area contributed by atoms with Crippen LogP contribution in [-0.4, -0.2) is 33.1 Å². The molecule has 0 atom stereocenters. The number of anilines is 1. The highest BCUT2D eigenvalue weighted by molar-refractivity contribution is 6.06. The summed E-state index contributed by atoms with van der Waals surface area (Å²) in [6.07, 6.45) is 1.22. The number of nitrogens with zero attached hydrogens (tertiary/aromatic N) is 3. The van der Waals surface area contributed by atoms with Gasteiger partial charge in [0.15, 0.2) is 0 Å². The molecule has 9 nitrogen and oxygen atoms in total. The number of aromatic amines is 1. The molecule has 0 spiro atoms. The fraction of sp³-hybridized carbons (Fsp3) is 0.100. The maximum absolute atomic E-state index is 12.0. The summed E-state index contributed by atoms with van der Waals surface area (Å²) >= 11 is 0. The lowest BCUT2D eigenvalue weighted by atomic mass is 10.1. The lowest BCUT2D eigenvalue weighted by molar-refractivity contribution is -0.385. The quantitative estimate of drug-likeness (QED) is 0.625. The summed E-state index contributed by atoms with van der Waals surface area (Å²) in [6, 6.07) is 4.07. The molecule has 2 rings (SSSR count). The van der Waals surface area contributed by atoms with Crippen molar-refractivity contribution in [3.63, 3.8) is 0 Å². The van der Waals surface area contributed by atoms with Gasteiger partial charge >= 0.3 is 5.69 Å². The SMILES string of the molecule is COc1c(C(=O)Nc2ncn[nH]2)cccc1[N+](=O)[O-]. The molecule has 9 heteroatoms. The number of carbonyl (C=O) groups excluding carboxylic acids is 1. The second kappa shape index (κ2) is 5.12. The van der Waals surface area contributed by atoms with Crippen molar-refractivity contribution in [2.75, 3.05) is 12.4 Å². The first kappa shape index (κ1) is 12.5. The Morgan fingerprint density at radius 1 is 1.53 bits per heavy atom. The number of para-hydroxylation sites is 1. The van der Waals surface area contributed by atoms with Gasteiger partial charge in [-0.2, -0.15) is 10.1 Å². The number of methoxy groups -OCH3 is 1. The lowest BCUT2D eigenvalue weighted by Gasteiger charge is -2.07. The van der Waals surface area contributed by atoms with Gasteiger partial charge < -0.3 is 4.74 Å². The van der Waals surface area contributed by atoms with E-state index in [9.17, 15) is 14.9 Å². The topological polar surface area (TPSA) is 123 Å². The molecule has 0 unspecified atom stereocenters. The highest BCUT2D eigenvalue weighted by Crippen LogP contribution is 2.30. The molecule has 0 bridgehead atoms. The predicted octanol–water partition coefficient (Wildman–Crippen LogP) is 0.974. The van der Waals surface area contributed by atoms with E-state index in [-0.39, 0.29) is 22.9 Å². The smallest absolute Gasteiger partial charge is 0.311 e. The molecule has 1 heterocycles. The Morgan fingerprint density at radius 2 is 2.32 bits per heavy atom. The zero-order chi connectivity index (χ0) is 13.8. The summed E-state index contributed by atoms with van der Waals surface area (Å²) < 4.78 is 4.93. The third-order valence-electron chi connectivity index (χ3n) is 2.29. The average Bonchev–Trinajstić information content (AvgIpc) is 2.90. The van der Waals surface area contributed by atoms with Gasteiger partial charge in [-0.15, -0.1) is 0 Å². The first-order chi connectivity index (χ1) is 9.13. The van der Waals surface area contributed by atoms with Crippen LogP contribution < -0.4 is 10.1 Å². The molecule has 0 radical (unpaired) electrons. The van der Waals surface area contributed by atoms with Crippen LogP contribution in [0.5, 0.6) is 5.75 Å². The van der Waals surface area contributed by atoms with Gasteiger partial charge in [0.25, 0.3) is 5.91 Å². The molecule has 2 N–H and O–H groups in total. The Balaban J connectivity index is 2.36. The first-order valence-corrected chi connectivity index (χ1v) is 5.11. The molecule has 0 aliphatic rings. The molecule has 0 fully saturated rings. The molecule has 19 heavy (non-hydrogen) atoms. The molecular formula is C10H9N5O4. The number of benzene rings is 1. The van der Waals surface area contributed by atoms with Gasteiger partial charge in [0, 0.05) is 6.07 Å². The second-order valence-corrected chi connectivity index (χ2v) is 3.40. The normalized spacial score (nSPS) is 9.95. The predicted molar refractivity (Wildman–Crippen MR) is 64.0 cm³/mol. The van der Waals surface area contributed by atoms with E-state index in [1.54, 1.807) is 0 Å². The van der Waals surface area contributed by atoms with E-state index in [4.69, 9.17) is 4.74 Å². The highest BCUT2D eigenvalue weighted by atomic mass is 16.6. The van der Waals surface area contributed by atoms with Crippen LogP contribution in [0.4, 0.5) is 11.6 Å². The molecule has 1 aromatic carbocycles. The van der Waals surface area contributed by atoms with Crippen molar-refractivity contribution in [3.05, 3.63) is 40.2 Å². The van der Waals surface area contributed by atoms with Crippen LogP contribution >= 0.6 is 0 Å². The molecule has 0 aliphatic carbocycles. The number of nitro groups is 1. The van der Waals surface area contributed by atoms with Gasteiger partial charge in [0.2, 0.25) is 11.7 Å². The molecule has 0 saturated carbocycles. The van der Waals surface area contributed by atoms with Crippen molar-refractivity contribution < 1.29 is 14.5 Å². The molecule has 1 aromatic heterocycles. The molecule has 98 valence electrons. The largest absolute Gasteiger partial charge is 0.490 e. The van der Waals surface area contributed by atoms with Gasteiger partial charge in [0.05, 0.1) is 17.6 Å². The van der Waals surface area contributed by atoms with E-state index in [0.29, 0.717) is 0 Å². The third kappa shape index (κ3) is 2.49. The van der Waals surface area contributed by atoms with E-state index < -0.39 is 10.8 Å². The van der Waals surface area contributed by atoms with Gasteiger partial charge in [-0.1, -0.05) is 6.07 Å². The molecule has 2 aromatic rings. The molecule has 0 aliphatic heterocycles. The minimum Gasteiger partial charge on any atom is -0.490 e. The zero-order valence-corrected chi connectivity index (χ0v) is 9.78. The maximum Gasteiger partial charge on any atom is 0.311 e. The Kier molecular flexibility index (Phi) is 3.37. The first-order valence-electron chi connectivity index (χ1n) is 5.11. The van der Waals surface area contributed by atoms with Crippen LogP contribution in [0.3, 0.4) is 0 Å². The Morgan fingerprint density at radius 3 is 2.89 bits per heavy atom. The van der Waals surface area contributed by atoms with Crippen LogP contribution in [0.25, 0.3) is 0 Å². The molecular weight excluding hydrogens is 254 g/mol. The molecule has 0 saturated heterocycles. The van der Waals surface area contributed by atoms with Crippen molar-refractivity contribution in [1.82, 2.24) is 15.2 Å². The van der Waals surface area contributed by atoms with Gasteiger partial charge in [-0.3, -0.25) is 20.2 Å².